The van der Waals surface area contributed by atoms with Gasteiger partial charge >= 0.3 is 11.9 Å². The second kappa shape index (κ2) is 12.3. The van der Waals surface area contributed by atoms with Crippen molar-refractivity contribution < 1.29 is 34.2 Å². The third-order valence-corrected chi connectivity index (χ3v) is 6.37. The van der Waals surface area contributed by atoms with Gasteiger partial charge in [-0.1, -0.05) is 30.3 Å². The number of hydrogen-bond donors (Lipinski definition) is 5. The van der Waals surface area contributed by atoms with Crippen LogP contribution in [-0.2, 0) is 30.4 Å². The SMILES string of the molecule is O=C(O)CCC(NC(=O)C1CCCN1)C(=O)NC(Cc1ccccc1)C(=O)N1CCCC1C(=O)O. The molecule has 11 nitrogen and oxygen atoms in total. The maximum atomic E-state index is 13.4. The molecule has 0 radical (unpaired) electrons. The van der Waals surface area contributed by atoms with Gasteiger partial charge in [-0.3, -0.25) is 19.2 Å². The van der Waals surface area contributed by atoms with E-state index in [0.717, 1.165) is 12.0 Å². The van der Waals surface area contributed by atoms with Crippen LogP contribution in [-0.4, -0.2) is 82.0 Å². The summed E-state index contributed by atoms with van der Waals surface area (Å²) in [5, 5.41) is 26.9. The van der Waals surface area contributed by atoms with Crippen LogP contribution in [0.5, 0.6) is 0 Å². The van der Waals surface area contributed by atoms with Crippen LogP contribution in [0.3, 0.4) is 0 Å². The largest absolute Gasteiger partial charge is 0.481 e. The number of nitrogens with zero attached hydrogens (tertiary/aromatic N) is 1. The van der Waals surface area contributed by atoms with Crippen molar-refractivity contribution in [3.63, 3.8) is 0 Å². The van der Waals surface area contributed by atoms with Crippen LogP contribution in [0.4, 0.5) is 0 Å². The van der Waals surface area contributed by atoms with E-state index in [4.69, 9.17) is 5.11 Å². The summed E-state index contributed by atoms with van der Waals surface area (Å²) in [5.41, 5.74) is 0.762. The predicted octanol–water partition coefficient (Wildman–Crippen LogP) is -0.109. The lowest BCUT2D eigenvalue weighted by Gasteiger charge is -2.29. The summed E-state index contributed by atoms with van der Waals surface area (Å²) in [6.07, 6.45) is 1.93. The number of nitrogens with one attached hydrogen (secondary N) is 3. The molecule has 11 heteroatoms. The van der Waals surface area contributed by atoms with Gasteiger partial charge in [0, 0.05) is 19.4 Å². The molecule has 2 saturated heterocycles. The third kappa shape index (κ3) is 7.25. The van der Waals surface area contributed by atoms with Crippen LogP contribution in [0.2, 0.25) is 0 Å². The van der Waals surface area contributed by atoms with Crippen molar-refractivity contribution in [1.82, 2.24) is 20.9 Å². The van der Waals surface area contributed by atoms with Crippen LogP contribution < -0.4 is 16.0 Å². The molecule has 0 aromatic heterocycles. The molecule has 2 fully saturated rings. The molecule has 0 aliphatic carbocycles. The quantitative estimate of drug-likeness (QED) is 0.288. The van der Waals surface area contributed by atoms with Gasteiger partial charge in [-0.15, -0.1) is 0 Å². The van der Waals surface area contributed by atoms with Gasteiger partial charge in [-0.05, 0) is 44.2 Å². The van der Waals surface area contributed by atoms with Gasteiger partial charge in [-0.2, -0.15) is 0 Å². The minimum Gasteiger partial charge on any atom is -0.481 e. The number of rotatable bonds is 11. The second-order valence-electron chi connectivity index (χ2n) is 8.92. The zero-order chi connectivity index (χ0) is 25.4. The smallest absolute Gasteiger partial charge is 0.326 e. The first-order valence-corrected chi connectivity index (χ1v) is 11.9. The van der Waals surface area contributed by atoms with Gasteiger partial charge in [-0.25, -0.2) is 4.79 Å². The lowest BCUT2D eigenvalue weighted by Crippen LogP contribution is -2.57. The fourth-order valence-corrected chi connectivity index (χ4v) is 4.53. The van der Waals surface area contributed by atoms with E-state index in [1.807, 2.05) is 6.07 Å². The van der Waals surface area contributed by atoms with Crippen LogP contribution in [0, 0.1) is 0 Å². The summed E-state index contributed by atoms with van der Waals surface area (Å²) < 4.78 is 0. The zero-order valence-corrected chi connectivity index (χ0v) is 19.4. The van der Waals surface area contributed by atoms with E-state index in [2.05, 4.69) is 16.0 Å². The lowest BCUT2D eigenvalue weighted by atomic mass is 10.0. The molecule has 1 aromatic rings. The lowest BCUT2D eigenvalue weighted by molar-refractivity contribution is -0.149. The fourth-order valence-electron chi connectivity index (χ4n) is 4.53. The van der Waals surface area contributed by atoms with Gasteiger partial charge in [0.1, 0.15) is 18.1 Å². The maximum absolute atomic E-state index is 13.4. The van der Waals surface area contributed by atoms with E-state index in [0.29, 0.717) is 25.8 Å². The number of benzene rings is 1. The predicted molar refractivity (Wildman–Crippen MR) is 124 cm³/mol. The Bertz CT molecular complexity index is 933. The summed E-state index contributed by atoms with van der Waals surface area (Å²) in [6.45, 7) is 0.946. The van der Waals surface area contributed by atoms with Crippen LogP contribution in [0.15, 0.2) is 30.3 Å². The first kappa shape index (κ1) is 26.1. The topological polar surface area (TPSA) is 165 Å². The zero-order valence-electron chi connectivity index (χ0n) is 19.4. The Labute approximate surface area is 203 Å². The Morgan fingerprint density at radius 2 is 1.74 bits per heavy atom. The molecule has 0 spiro atoms. The molecule has 2 aliphatic heterocycles. The molecule has 4 unspecified atom stereocenters. The Morgan fingerprint density at radius 1 is 1.00 bits per heavy atom. The Kier molecular flexibility index (Phi) is 9.18. The third-order valence-electron chi connectivity index (χ3n) is 6.37. The van der Waals surface area contributed by atoms with Crippen molar-refractivity contribution in [2.24, 2.45) is 0 Å². The monoisotopic (exact) mass is 488 g/mol. The van der Waals surface area contributed by atoms with E-state index < -0.39 is 53.8 Å². The number of carbonyl (C=O) groups excluding carboxylic acids is 3. The van der Waals surface area contributed by atoms with Gasteiger partial charge in [0.2, 0.25) is 17.7 Å². The highest BCUT2D eigenvalue weighted by molar-refractivity contribution is 5.94. The molecule has 190 valence electrons. The summed E-state index contributed by atoms with van der Waals surface area (Å²) in [4.78, 5) is 63.2. The summed E-state index contributed by atoms with van der Waals surface area (Å²) >= 11 is 0. The fraction of sp³-hybridized carbons (Fsp3) is 0.542. The number of carboxylic acid groups (broad SMARTS) is 2. The molecule has 3 rings (SSSR count). The molecule has 3 amide bonds. The van der Waals surface area contributed by atoms with Crippen molar-refractivity contribution in [3.05, 3.63) is 35.9 Å². The highest BCUT2D eigenvalue weighted by atomic mass is 16.4. The van der Waals surface area contributed by atoms with Gasteiger partial charge < -0.3 is 31.1 Å². The number of amides is 3. The Morgan fingerprint density at radius 3 is 2.37 bits per heavy atom. The minimum absolute atomic E-state index is 0.123. The van der Waals surface area contributed by atoms with Gasteiger partial charge in [0.05, 0.1) is 6.04 Å². The molecule has 2 aliphatic rings. The van der Waals surface area contributed by atoms with E-state index in [1.54, 1.807) is 24.3 Å². The van der Waals surface area contributed by atoms with E-state index in [1.165, 1.54) is 4.90 Å². The molecule has 35 heavy (non-hydrogen) atoms. The van der Waals surface area contributed by atoms with Crippen molar-refractivity contribution in [1.29, 1.82) is 0 Å². The average Bonchev–Trinajstić information content (AvgIpc) is 3.54. The normalized spacial score (nSPS) is 21.2. The van der Waals surface area contributed by atoms with Crippen LogP contribution >= 0.6 is 0 Å². The van der Waals surface area contributed by atoms with E-state index in [-0.39, 0.29) is 25.8 Å². The Hall–Kier alpha value is -3.47. The van der Waals surface area contributed by atoms with E-state index >= 15 is 0 Å². The summed E-state index contributed by atoms with van der Waals surface area (Å²) in [6, 6.07) is 5.33. The molecule has 5 N–H and O–H groups in total. The Balaban J connectivity index is 1.78. The van der Waals surface area contributed by atoms with Crippen molar-refractivity contribution in [3.8, 4) is 0 Å². The molecule has 0 saturated carbocycles. The molecular weight excluding hydrogens is 456 g/mol. The maximum Gasteiger partial charge on any atom is 0.326 e. The van der Waals surface area contributed by atoms with Gasteiger partial charge in [0.15, 0.2) is 0 Å². The summed E-state index contributed by atoms with van der Waals surface area (Å²) in [7, 11) is 0. The standard InChI is InChI=1S/C24H32N4O7/c29-20(30)11-10-17(26-21(31)16-8-4-12-25-16)22(32)27-18(14-15-6-2-1-3-7-15)23(33)28-13-5-9-19(28)24(34)35/h1-3,6-7,16-19,25H,4-5,8-14H2,(H,26,31)(H,27,32)(H,29,30)(H,34,35). The first-order chi connectivity index (χ1) is 16.8. The highest BCUT2D eigenvalue weighted by Crippen LogP contribution is 2.20. The molecule has 2 heterocycles. The number of carbonyl (C=O) groups is 5. The molecule has 0 bridgehead atoms. The average molecular weight is 489 g/mol. The van der Waals surface area contributed by atoms with Crippen molar-refractivity contribution in [2.45, 2.75) is 69.1 Å². The van der Waals surface area contributed by atoms with Crippen LogP contribution in [0.1, 0.15) is 44.1 Å². The second-order valence-corrected chi connectivity index (χ2v) is 8.92. The number of hydrogen-bond acceptors (Lipinski definition) is 6. The first-order valence-electron chi connectivity index (χ1n) is 11.9. The highest BCUT2D eigenvalue weighted by Gasteiger charge is 2.38. The molecule has 4 atom stereocenters. The van der Waals surface area contributed by atoms with Crippen molar-refractivity contribution in [2.75, 3.05) is 13.1 Å². The van der Waals surface area contributed by atoms with Crippen LogP contribution in [0.25, 0.3) is 0 Å². The summed E-state index contributed by atoms with van der Waals surface area (Å²) in [5.74, 6) is -3.82. The van der Waals surface area contributed by atoms with Gasteiger partial charge in [0.25, 0.3) is 0 Å². The number of aliphatic carboxylic acids is 2. The van der Waals surface area contributed by atoms with Crippen molar-refractivity contribution >= 4 is 29.7 Å². The molecule has 1 aromatic carbocycles. The number of likely N-dealkylation sites (tertiary alicyclic amines) is 1. The minimum atomic E-state index is -1.15. The molecular formula is C24H32N4O7. The number of carboxylic acids is 2. The van der Waals surface area contributed by atoms with E-state index in [9.17, 15) is 29.1 Å².